The zero-order chi connectivity index (χ0) is 43.0. The van der Waals surface area contributed by atoms with Gasteiger partial charge in [0.25, 0.3) is 0 Å². The molecule has 0 aliphatic rings. The van der Waals surface area contributed by atoms with Crippen molar-refractivity contribution in [3.63, 3.8) is 0 Å². The lowest BCUT2D eigenvalue weighted by molar-refractivity contribution is -0.138. The van der Waals surface area contributed by atoms with Crippen LogP contribution in [-0.4, -0.2) is 82.4 Å². The Kier molecular flexibility index (Phi) is 13.9. The molecule has 0 saturated carbocycles. The number of imidazole rings is 2. The summed E-state index contributed by atoms with van der Waals surface area (Å²) >= 11 is 3.34. The Bertz CT molecular complexity index is 2680. The number of aliphatic hydroxyl groups is 2. The maximum absolute atomic E-state index is 13.2. The van der Waals surface area contributed by atoms with Crippen molar-refractivity contribution in [1.29, 1.82) is 0 Å². The lowest BCUT2D eigenvalue weighted by Crippen LogP contribution is -2.29. The molecule has 12 nitrogen and oxygen atoms in total. The van der Waals surface area contributed by atoms with Gasteiger partial charge in [-0.3, -0.25) is 8.80 Å². The van der Waals surface area contributed by atoms with Gasteiger partial charge >= 0.3 is 19.5 Å². The third-order valence-electron chi connectivity index (χ3n) is 8.88. The maximum atomic E-state index is 13.2. The Hall–Kier alpha value is -5.80. The Morgan fingerprint density at radius 2 is 1.08 bits per heavy atom. The third kappa shape index (κ3) is 10.1. The average molecular weight is 897 g/mol. The van der Waals surface area contributed by atoms with E-state index in [1.54, 1.807) is 45.5 Å². The monoisotopic (exact) mass is 896 g/mol. The van der Waals surface area contributed by atoms with Crippen LogP contribution in [0.3, 0.4) is 0 Å². The minimum absolute atomic E-state index is 0.00120. The molecule has 6 N–H and O–H groups in total. The Morgan fingerprint density at radius 1 is 0.617 bits per heavy atom. The van der Waals surface area contributed by atoms with E-state index in [-0.39, 0.29) is 24.2 Å². The van der Waals surface area contributed by atoms with E-state index in [4.69, 9.17) is 20.3 Å². The predicted octanol–water partition coefficient (Wildman–Crippen LogP) is 7.19. The maximum Gasteiger partial charge on any atom is 0.488 e. The second-order valence-corrected chi connectivity index (χ2v) is 13.8. The molecule has 0 aliphatic heterocycles. The third-order valence-corrected chi connectivity index (χ3v) is 9.44. The number of aromatic nitrogens is 6. The summed E-state index contributed by atoms with van der Waals surface area (Å²) < 4.78 is 82.3. The number of fused-ring (bicyclic) bond motifs is 6. The van der Waals surface area contributed by atoms with Crippen molar-refractivity contribution in [2.24, 2.45) is 0 Å². The summed E-state index contributed by atoms with van der Waals surface area (Å²) in [6.07, 6.45) is -4.66. The van der Waals surface area contributed by atoms with E-state index >= 15 is 0 Å². The highest BCUT2D eigenvalue weighted by molar-refractivity contribution is 9.10. The highest BCUT2D eigenvalue weighted by atomic mass is 79.9. The minimum atomic E-state index is -4.45. The molecule has 4 heterocycles. The average Bonchev–Trinajstić information content (AvgIpc) is 3.86. The van der Waals surface area contributed by atoms with Gasteiger partial charge in [-0.05, 0) is 70.6 Å². The molecule has 8 aromatic rings. The molecule has 0 spiro atoms. The lowest BCUT2D eigenvalue weighted by Gasteiger charge is -2.13. The molecule has 0 unspecified atom stereocenters. The molecule has 4 aromatic carbocycles. The summed E-state index contributed by atoms with van der Waals surface area (Å²) in [7, 11) is -1.34. The molecule has 0 aliphatic carbocycles. The van der Waals surface area contributed by atoms with Crippen LogP contribution in [0.4, 0.5) is 38.0 Å². The summed E-state index contributed by atoms with van der Waals surface area (Å²) in [5.41, 5.74) is 3.16. The largest absolute Gasteiger partial charge is 0.488 e. The Labute approximate surface area is 346 Å². The van der Waals surface area contributed by atoms with Gasteiger partial charge in [0.1, 0.15) is 4.60 Å². The molecule has 0 radical (unpaired) electrons. The van der Waals surface area contributed by atoms with Crippen LogP contribution in [0.25, 0.3) is 44.6 Å². The molecule has 0 amide bonds. The molecule has 0 fully saturated rings. The first-order valence-corrected chi connectivity index (χ1v) is 19.1. The SMILES string of the molecule is OB(O)c1ccccc1.OCCCNc1nc2cc(C(F)(F)F)ccc2n2c(-c3ccccc3)cnc12.OCCCNc1nc2cc(C(F)(F)F)ccc2n2c(Br)cnc12. The zero-order valence-electron chi connectivity index (χ0n) is 31.3. The highest BCUT2D eigenvalue weighted by Gasteiger charge is 2.32. The minimum Gasteiger partial charge on any atom is -0.423 e. The van der Waals surface area contributed by atoms with Crippen molar-refractivity contribution in [3.8, 4) is 11.3 Å². The number of benzene rings is 4. The van der Waals surface area contributed by atoms with Crippen molar-refractivity contribution in [1.82, 2.24) is 28.7 Å². The smallest absolute Gasteiger partial charge is 0.423 e. The number of hydrogen-bond donors (Lipinski definition) is 6. The topological polar surface area (TPSA) is 165 Å². The van der Waals surface area contributed by atoms with Gasteiger partial charge in [-0.15, -0.1) is 0 Å². The van der Waals surface area contributed by atoms with Crippen LogP contribution in [-0.2, 0) is 12.4 Å². The number of hydrogen-bond acceptors (Lipinski definition) is 10. The quantitative estimate of drug-likeness (QED) is 0.0471. The molecule has 0 atom stereocenters. The first-order valence-electron chi connectivity index (χ1n) is 18.3. The molecule has 4 aromatic heterocycles. The van der Waals surface area contributed by atoms with Gasteiger partial charge in [-0.1, -0.05) is 60.7 Å². The van der Waals surface area contributed by atoms with Crippen LogP contribution < -0.4 is 16.1 Å². The van der Waals surface area contributed by atoms with Gasteiger partial charge in [-0.2, -0.15) is 26.3 Å². The summed E-state index contributed by atoms with van der Waals surface area (Å²) in [6, 6.07) is 25.1. The van der Waals surface area contributed by atoms with Crippen LogP contribution in [0.1, 0.15) is 24.0 Å². The zero-order valence-corrected chi connectivity index (χ0v) is 32.9. The van der Waals surface area contributed by atoms with E-state index in [9.17, 15) is 26.3 Å². The van der Waals surface area contributed by atoms with Crippen molar-refractivity contribution in [3.05, 3.63) is 125 Å². The van der Waals surface area contributed by atoms with Crippen molar-refractivity contribution in [2.45, 2.75) is 25.2 Å². The van der Waals surface area contributed by atoms with Gasteiger partial charge in [0, 0.05) is 31.9 Å². The summed E-state index contributed by atoms with van der Waals surface area (Å²) in [5, 5.41) is 41.1. The molecule has 0 bridgehead atoms. The number of nitrogens with zero attached hydrogens (tertiary/aromatic N) is 6. The van der Waals surface area contributed by atoms with Gasteiger partial charge in [0.2, 0.25) is 0 Å². The lowest BCUT2D eigenvalue weighted by atomic mass is 9.81. The molecule has 60 heavy (non-hydrogen) atoms. The van der Waals surface area contributed by atoms with E-state index in [0.717, 1.165) is 35.5 Å². The molecular formula is C40H36BBrF6N8O4. The van der Waals surface area contributed by atoms with Crippen LogP contribution in [0.5, 0.6) is 0 Å². The fourth-order valence-electron chi connectivity index (χ4n) is 6.03. The van der Waals surface area contributed by atoms with Crippen molar-refractivity contribution in [2.75, 3.05) is 36.9 Å². The number of halogens is 7. The van der Waals surface area contributed by atoms with E-state index in [1.165, 1.54) is 12.1 Å². The first-order chi connectivity index (χ1) is 28.7. The van der Waals surface area contributed by atoms with Crippen LogP contribution in [0, 0.1) is 0 Å². The van der Waals surface area contributed by atoms with Crippen molar-refractivity contribution < 1.29 is 46.6 Å². The fourth-order valence-corrected chi connectivity index (χ4v) is 6.50. The Morgan fingerprint density at radius 3 is 1.55 bits per heavy atom. The molecule has 312 valence electrons. The van der Waals surface area contributed by atoms with Gasteiger partial charge < -0.3 is 30.9 Å². The second-order valence-electron chi connectivity index (χ2n) is 13.0. The summed E-state index contributed by atoms with van der Waals surface area (Å²) in [4.78, 5) is 17.3. The van der Waals surface area contributed by atoms with E-state index in [2.05, 4.69) is 46.5 Å². The number of nitrogens with one attached hydrogen (secondary N) is 2. The first kappa shape index (κ1) is 43.8. The van der Waals surface area contributed by atoms with Gasteiger partial charge in [0.05, 0.1) is 51.3 Å². The number of alkyl halides is 6. The molecule has 20 heteroatoms. The molecular weight excluding hydrogens is 861 g/mol. The van der Waals surface area contributed by atoms with E-state index < -0.39 is 30.6 Å². The number of aliphatic hydroxyl groups excluding tert-OH is 2. The van der Waals surface area contributed by atoms with Crippen LogP contribution in [0.2, 0.25) is 0 Å². The summed E-state index contributed by atoms with van der Waals surface area (Å²) in [6.45, 7) is 0.872. The Balaban J connectivity index is 0.000000169. The summed E-state index contributed by atoms with van der Waals surface area (Å²) in [5.74, 6) is 0.749. The standard InChI is InChI=1S/C20H17F3N4O.C14H12BrF3N4O.C6H7BO2/c21-20(22,23)14-7-8-16-15(11-14)26-18(24-9-4-10-28)19-25-12-17(27(16)19)13-5-2-1-3-6-13;15-11-7-20-13-12(19-4-1-5-23)21-9-6-8(14(16,17)18)2-3-10(9)22(11)13;8-7(9)6-4-2-1-3-5-6/h1-3,5-8,11-12,28H,4,9-10H2,(H,24,26);2-3,6-7,23H,1,4-5H2,(H,19,21);1-5,8-9H. The predicted molar refractivity (Wildman–Crippen MR) is 221 cm³/mol. The molecule has 0 saturated heterocycles. The normalized spacial score (nSPS) is 11.7. The van der Waals surface area contributed by atoms with Crippen LogP contribution >= 0.6 is 15.9 Å². The molecule has 8 rings (SSSR count). The fraction of sp³-hybridized carbons (Fsp3) is 0.200. The van der Waals surface area contributed by atoms with E-state index in [0.29, 0.717) is 70.0 Å². The second kappa shape index (κ2) is 19.1. The number of anilines is 2. The van der Waals surface area contributed by atoms with Gasteiger partial charge in [-0.25, -0.2) is 19.9 Å². The van der Waals surface area contributed by atoms with E-state index in [1.807, 2.05) is 36.4 Å². The number of rotatable bonds is 10. The van der Waals surface area contributed by atoms with Gasteiger partial charge in [0.15, 0.2) is 22.9 Å². The van der Waals surface area contributed by atoms with Crippen molar-refractivity contribution >= 4 is 73.5 Å². The highest BCUT2D eigenvalue weighted by Crippen LogP contribution is 2.35. The van der Waals surface area contributed by atoms with Crippen LogP contribution in [0.15, 0.2) is 114 Å².